The van der Waals surface area contributed by atoms with Crippen LogP contribution in [0.15, 0.2) is 17.4 Å². The molecule has 0 radical (unpaired) electrons. The van der Waals surface area contributed by atoms with Gasteiger partial charge in [0.1, 0.15) is 12.0 Å². The number of amidine groups is 1. The first-order chi connectivity index (χ1) is 9.54. The van der Waals surface area contributed by atoms with E-state index in [0.29, 0.717) is 25.5 Å². The molecule has 9 heteroatoms. The Bertz CT molecular complexity index is 506. The van der Waals surface area contributed by atoms with Crippen molar-refractivity contribution in [3.05, 3.63) is 27.9 Å². The summed E-state index contributed by atoms with van der Waals surface area (Å²) in [7, 11) is 1.57. The lowest BCUT2D eigenvalue weighted by molar-refractivity contribution is -0.385. The van der Waals surface area contributed by atoms with Gasteiger partial charge in [-0.15, -0.1) is 0 Å². The number of aromatic nitrogens is 1. The molecule has 1 aromatic rings. The number of likely N-dealkylation sites (N-methyl/N-ethyl adjacent to an activating group) is 1. The molecule has 0 saturated heterocycles. The Labute approximate surface area is 115 Å². The number of nitrogens with zero attached hydrogens (tertiary/aromatic N) is 4. The lowest BCUT2D eigenvalue weighted by atomic mass is 10.2. The summed E-state index contributed by atoms with van der Waals surface area (Å²) in [5.74, 6) is 0.178. The van der Waals surface area contributed by atoms with Crippen LogP contribution < -0.4 is 10.6 Å². The summed E-state index contributed by atoms with van der Waals surface area (Å²) >= 11 is 0. The van der Waals surface area contributed by atoms with Crippen molar-refractivity contribution in [3.63, 3.8) is 0 Å². The number of ether oxygens (including phenoxy) is 1. The van der Waals surface area contributed by atoms with Crippen molar-refractivity contribution in [2.45, 2.75) is 6.92 Å². The average molecular weight is 283 g/mol. The summed E-state index contributed by atoms with van der Waals surface area (Å²) < 4.78 is 5.00. The summed E-state index contributed by atoms with van der Waals surface area (Å²) in [6.07, 6.45) is 1.14. The highest BCUT2D eigenvalue weighted by Crippen LogP contribution is 2.22. The fourth-order valence-electron chi connectivity index (χ4n) is 1.66. The van der Waals surface area contributed by atoms with E-state index in [9.17, 15) is 10.1 Å². The lowest BCUT2D eigenvalue weighted by Gasteiger charge is -2.23. The summed E-state index contributed by atoms with van der Waals surface area (Å²) in [5.41, 5.74) is 5.55. The van der Waals surface area contributed by atoms with Gasteiger partial charge in [0.2, 0.25) is 0 Å². The number of anilines is 1. The summed E-state index contributed by atoms with van der Waals surface area (Å²) in [6.45, 7) is 3.49. The molecule has 3 N–H and O–H groups in total. The molecule has 20 heavy (non-hydrogen) atoms. The Hall–Kier alpha value is -2.42. The van der Waals surface area contributed by atoms with E-state index in [1.807, 2.05) is 11.8 Å². The molecule has 1 rings (SSSR count). The first-order valence-electron chi connectivity index (χ1n) is 5.91. The third-order valence-corrected chi connectivity index (χ3v) is 2.69. The van der Waals surface area contributed by atoms with E-state index in [2.05, 4.69) is 10.1 Å². The average Bonchev–Trinajstić information content (AvgIpc) is 2.47. The smallest absolute Gasteiger partial charge is 0.288 e. The Balaban J connectivity index is 3.26. The molecule has 1 heterocycles. The molecule has 0 saturated carbocycles. The van der Waals surface area contributed by atoms with Gasteiger partial charge in [-0.25, -0.2) is 4.98 Å². The minimum Gasteiger partial charge on any atom is -0.409 e. The van der Waals surface area contributed by atoms with Crippen molar-refractivity contribution in [1.82, 2.24) is 4.98 Å². The molecule has 0 aliphatic heterocycles. The van der Waals surface area contributed by atoms with Gasteiger partial charge in [-0.2, -0.15) is 0 Å². The van der Waals surface area contributed by atoms with Crippen molar-refractivity contribution in [2.24, 2.45) is 10.9 Å². The third kappa shape index (κ3) is 3.54. The zero-order chi connectivity index (χ0) is 15.1. The number of oxime groups is 1. The van der Waals surface area contributed by atoms with Crippen LogP contribution in [-0.2, 0) is 4.74 Å². The van der Waals surface area contributed by atoms with Crippen LogP contribution in [0.2, 0.25) is 0 Å². The van der Waals surface area contributed by atoms with E-state index >= 15 is 0 Å². The number of pyridine rings is 1. The highest BCUT2D eigenvalue weighted by atomic mass is 16.6. The standard InChI is InChI=1S/C11H17N5O4/c1-3-15(4-5-20-2)11-9(10(12)14-17)6-8(7-13-11)16(18)19/h6-7,17H,3-5H2,1-2H3,(H2,12,14). The normalized spacial score (nSPS) is 11.4. The molecule has 0 bridgehead atoms. The van der Waals surface area contributed by atoms with Crippen LogP contribution in [0.4, 0.5) is 11.5 Å². The van der Waals surface area contributed by atoms with Crippen LogP contribution in [0.3, 0.4) is 0 Å². The number of nitro groups is 1. The largest absolute Gasteiger partial charge is 0.409 e. The lowest BCUT2D eigenvalue weighted by Crippen LogP contribution is -2.30. The fraction of sp³-hybridized carbons (Fsp3) is 0.455. The van der Waals surface area contributed by atoms with E-state index in [4.69, 9.17) is 15.7 Å². The van der Waals surface area contributed by atoms with Crippen molar-refractivity contribution in [2.75, 3.05) is 31.7 Å². The molecule has 110 valence electrons. The molecule has 0 amide bonds. The minimum absolute atomic E-state index is 0.208. The fourth-order valence-corrected chi connectivity index (χ4v) is 1.66. The topological polar surface area (TPSA) is 127 Å². The van der Waals surface area contributed by atoms with E-state index in [1.54, 1.807) is 7.11 Å². The highest BCUT2D eigenvalue weighted by Gasteiger charge is 2.19. The second-order valence-corrected chi connectivity index (χ2v) is 3.88. The minimum atomic E-state index is -0.587. The van der Waals surface area contributed by atoms with Gasteiger partial charge in [-0.3, -0.25) is 10.1 Å². The molecule has 0 unspecified atom stereocenters. The first-order valence-corrected chi connectivity index (χ1v) is 5.91. The van der Waals surface area contributed by atoms with Crippen molar-refractivity contribution >= 4 is 17.3 Å². The summed E-state index contributed by atoms with van der Waals surface area (Å²) in [4.78, 5) is 16.1. The Morgan fingerprint density at radius 3 is 2.90 bits per heavy atom. The summed E-state index contributed by atoms with van der Waals surface area (Å²) in [6, 6.07) is 1.23. The van der Waals surface area contributed by atoms with Crippen molar-refractivity contribution < 1.29 is 14.9 Å². The molecule has 1 aromatic heterocycles. The second-order valence-electron chi connectivity index (χ2n) is 3.88. The van der Waals surface area contributed by atoms with Crippen molar-refractivity contribution in [1.29, 1.82) is 0 Å². The van der Waals surface area contributed by atoms with Crippen LogP contribution in [-0.4, -0.2) is 47.8 Å². The Morgan fingerprint density at radius 1 is 1.70 bits per heavy atom. The van der Waals surface area contributed by atoms with Gasteiger partial charge < -0.3 is 20.6 Å². The van der Waals surface area contributed by atoms with Gasteiger partial charge in [0, 0.05) is 26.3 Å². The van der Waals surface area contributed by atoms with Gasteiger partial charge in [0.05, 0.1) is 17.1 Å². The number of hydrogen-bond acceptors (Lipinski definition) is 7. The Kier molecular flexibility index (Phi) is 5.66. The molecule has 0 atom stereocenters. The monoisotopic (exact) mass is 283 g/mol. The maximum Gasteiger partial charge on any atom is 0.288 e. The van der Waals surface area contributed by atoms with Crippen LogP contribution >= 0.6 is 0 Å². The highest BCUT2D eigenvalue weighted by molar-refractivity contribution is 6.01. The maximum atomic E-state index is 10.8. The van der Waals surface area contributed by atoms with E-state index in [0.717, 1.165) is 6.20 Å². The number of rotatable bonds is 7. The second kappa shape index (κ2) is 7.24. The first kappa shape index (κ1) is 15.6. The van der Waals surface area contributed by atoms with Gasteiger partial charge in [-0.1, -0.05) is 5.16 Å². The van der Waals surface area contributed by atoms with Gasteiger partial charge >= 0.3 is 0 Å². The SMILES string of the molecule is CCN(CCOC)c1ncc([N+](=O)[O-])cc1C(N)=NO. The van der Waals surface area contributed by atoms with Gasteiger partial charge in [0.25, 0.3) is 5.69 Å². The molecule has 0 spiro atoms. The molecular weight excluding hydrogens is 266 g/mol. The van der Waals surface area contributed by atoms with E-state index in [1.165, 1.54) is 6.07 Å². The molecule has 0 aliphatic rings. The van der Waals surface area contributed by atoms with Gasteiger partial charge in [0.15, 0.2) is 5.84 Å². The molecule has 0 fully saturated rings. The predicted molar refractivity (Wildman–Crippen MR) is 73.2 cm³/mol. The van der Waals surface area contributed by atoms with Crippen LogP contribution in [0.25, 0.3) is 0 Å². The molecular formula is C11H17N5O4. The van der Waals surface area contributed by atoms with E-state index in [-0.39, 0.29) is 17.1 Å². The zero-order valence-electron chi connectivity index (χ0n) is 11.3. The predicted octanol–water partition coefficient (Wildman–Crippen LogP) is 0.557. The molecule has 0 aromatic carbocycles. The van der Waals surface area contributed by atoms with E-state index < -0.39 is 4.92 Å². The van der Waals surface area contributed by atoms with Crippen molar-refractivity contribution in [3.8, 4) is 0 Å². The third-order valence-electron chi connectivity index (χ3n) is 2.69. The van der Waals surface area contributed by atoms with Crippen LogP contribution in [0.1, 0.15) is 12.5 Å². The van der Waals surface area contributed by atoms with Crippen LogP contribution in [0.5, 0.6) is 0 Å². The maximum absolute atomic E-state index is 10.8. The number of hydrogen-bond donors (Lipinski definition) is 2. The summed E-state index contributed by atoms with van der Waals surface area (Å²) in [5, 5.41) is 22.5. The molecule has 0 aliphatic carbocycles. The number of methoxy groups -OCH3 is 1. The molecule has 9 nitrogen and oxygen atoms in total. The zero-order valence-corrected chi connectivity index (χ0v) is 11.3. The van der Waals surface area contributed by atoms with Gasteiger partial charge in [-0.05, 0) is 6.92 Å². The Morgan fingerprint density at radius 2 is 2.40 bits per heavy atom. The van der Waals surface area contributed by atoms with Crippen LogP contribution in [0, 0.1) is 10.1 Å². The number of nitrogens with two attached hydrogens (primary N) is 1. The quantitative estimate of drug-likeness (QED) is 0.246.